The molecule has 0 aromatic rings. The SMILES string of the molecule is [2H]C#CC1CCCO1. The molecule has 0 saturated carbocycles. The van der Waals surface area contributed by atoms with Crippen molar-refractivity contribution in [1.29, 1.82) is 0 Å². The van der Waals surface area contributed by atoms with Crippen LogP contribution in [-0.4, -0.2) is 12.7 Å². The molecule has 0 aromatic carbocycles. The molecule has 0 bridgehead atoms. The highest BCUT2D eigenvalue weighted by Gasteiger charge is 2.10. The number of terminal acetylenes is 1. The number of ether oxygens (including phenoxy) is 1. The fourth-order valence-electron chi connectivity index (χ4n) is 0.691. The summed E-state index contributed by atoms with van der Waals surface area (Å²) in [5.41, 5.74) is 0. The third kappa shape index (κ3) is 0.942. The molecule has 0 amide bonds. The molecular weight excluding hydrogens is 88.1 g/mol. The molecule has 1 unspecified atom stereocenters. The first-order valence-electron chi connectivity index (χ1n) is 2.97. The van der Waals surface area contributed by atoms with Gasteiger partial charge in [0.2, 0.25) is 0 Å². The van der Waals surface area contributed by atoms with Crippen molar-refractivity contribution >= 4 is 0 Å². The fraction of sp³-hybridized carbons (Fsp3) is 0.667. The van der Waals surface area contributed by atoms with E-state index in [0.717, 1.165) is 19.4 Å². The normalized spacial score (nSPS) is 30.9. The van der Waals surface area contributed by atoms with Crippen LogP contribution in [0.25, 0.3) is 0 Å². The Morgan fingerprint density at radius 2 is 3.00 bits per heavy atom. The van der Waals surface area contributed by atoms with E-state index in [1.54, 1.807) is 0 Å². The summed E-state index contributed by atoms with van der Waals surface area (Å²) in [5, 5.41) is 0. The van der Waals surface area contributed by atoms with Crippen molar-refractivity contribution in [3.05, 3.63) is 0 Å². The molecular formula is C6H8O. The maximum Gasteiger partial charge on any atom is 0.124 e. The molecule has 0 aliphatic carbocycles. The van der Waals surface area contributed by atoms with E-state index in [1.165, 1.54) is 0 Å². The van der Waals surface area contributed by atoms with E-state index in [9.17, 15) is 0 Å². The van der Waals surface area contributed by atoms with Gasteiger partial charge in [0.15, 0.2) is 0 Å². The Morgan fingerprint density at radius 1 is 2.00 bits per heavy atom. The molecule has 0 spiro atoms. The summed E-state index contributed by atoms with van der Waals surface area (Å²) in [5.74, 6) is 2.64. The Kier molecular flexibility index (Phi) is 1.00. The molecule has 1 atom stereocenters. The first-order valence-corrected chi connectivity index (χ1v) is 2.47. The van der Waals surface area contributed by atoms with Crippen LogP contribution >= 0.6 is 0 Å². The molecule has 7 heavy (non-hydrogen) atoms. The zero-order valence-electron chi connectivity index (χ0n) is 5.11. The summed E-state index contributed by atoms with van der Waals surface area (Å²) in [4.78, 5) is 0. The van der Waals surface area contributed by atoms with E-state index in [1.807, 2.05) is 0 Å². The quantitative estimate of drug-likeness (QED) is 0.406. The Bertz CT molecular complexity index is 116. The first kappa shape index (κ1) is 3.51. The Morgan fingerprint density at radius 3 is 3.57 bits per heavy atom. The lowest BCUT2D eigenvalue weighted by Gasteiger charge is -1.94. The number of hydrogen-bond acceptors (Lipinski definition) is 1. The Hall–Kier alpha value is -0.480. The Labute approximate surface area is 45.1 Å². The highest BCUT2D eigenvalue weighted by atomic mass is 16.5. The molecule has 1 heterocycles. The van der Waals surface area contributed by atoms with Crippen LogP contribution in [0.5, 0.6) is 0 Å². The molecule has 1 saturated heterocycles. The second kappa shape index (κ2) is 1.99. The maximum absolute atomic E-state index is 6.53. The van der Waals surface area contributed by atoms with Crippen LogP contribution in [0.2, 0.25) is 0 Å². The standard InChI is InChI=1S/C6H8O/c1-2-6-4-3-5-7-6/h1,6H,3-5H2/i1D. The van der Waals surface area contributed by atoms with Gasteiger partial charge in [0.05, 0.1) is 0 Å². The third-order valence-electron chi connectivity index (χ3n) is 1.09. The molecule has 1 aliphatic rings. The second-order valence-corrected chi connectivity index (χ2v) is 1.65. The molecule has 1 nitrogen and oxygen atoms in total. The van der Waals surface area contributed by atoms with Crippen LogP contribution in [0.1, 0.15) is 14.2 Å². The van der Waals surface area contributed by atoms with Crippen LogP contribution in [0.4, 0.5) is 0 Å². The van der Waals surface area contributed by atoms with Gasteiger partial charge >= 0.3 is 0 Å². The van der Waals surface area contributed by atoms with Gasteiger partial charge in [-0.2, -0.15) is 0 Å². The summed E-state index contributed by atoms with van der Waals surface area (Å²) < 4.78 is 11.6. The van der Waals surface area contributed by atoms with E-state index in [4.69, 9.17) is 6.11 Å². The molecule has 0 radical (unpaired) electrons. The van der Waals surface area contributed by atoms with E-state index in [-0.39, 0.29) is 6.10 Å². The largest absolute Gasteiger partial charge is 0.366 e. The second-order valence-electron chi connectivity index (χ2n) is 1.65. The average Bonchev–Trinajstić information content (AvgIpc) is 2.19. The van der Waals surface area contributed by atoms with Crippen molar-refractivity contribution in [2.45, 2.75) is 18.9 Å². The molecule has 1 fully saturated rings. The van der Waals surface area contributed by atoms with Gasteiger partial charge in [-0.1, -0.05) is 5.92 Å². The van der Waals surface area contributed by atoms with Gasteiger partial charge in [0, 0.05) is 6.61 Å². The smallest absolute Gasteiger partial charge is 0.124 e. The zero-order valence-corrected chi connectivity index (χ0v) is 4.11. The lowest BCUT2D eigenvalue weighted by Crippen LogP contribution is -1.98. The maximum atomic E-state index is 6.53. The van der Waals surface area contributed by atoms with Gasteiger partial charge in [-0.25, -0.2) is 0 Å². The van der Waals surface area contributed by atoms with Crippen molar-refractivity contribution in [3.63, 3.8) is 0 Å². The van der Waals surface area contributed by atoms with Crippen LogP contribution in [-0.2, 0) is 4.74 Å². The summed E-state index contributed by atoms with van der Waals surface area (Å²) in [6, 6.07) is 0. The van der Waals surface area contributed by atoms with E-state index < -0.39 is 0 Å². The minimum absolute atomic E-state index is 0.0625. The van der Waals surface area contributed by atoms with Crippen LogP contribution in [0.15, 0.2) is 0 Å². The summed E-state index contributed by atoms with van der Waals surface area (Å²) in [6.07, 6.45) is 4.25. The topological polar surface area (TPSA) is 9.23 Å². The predicted octanol–water partition coefficient (Wildman–Crippen LogP) is 0.799. The minimum Gasteiger partial charge on any atom is -0.366 e. The molecule has 38 valence electrons. The van der Waals surface area contributed by atoms with Gasteiger partial charge in [-0.3, -0.25) is 0 Å². The third-order valence-corrected chi connectivity index (χ3v) is 1.09. The summed E-state index contributed by atoms with van der Waals surface area (Å²) in [7, 11) is 0. The van der Waals surface area contributed by atoms with Gasteiger partial charge in [0.1, 0.15) is 7.47 Å². The van der Waals surface area contributed by atoms with Gasteiger partial charge in [0.25, 0.3) is 0 Å². The highest BCUT2D eigenvalue weighted by Crippen LogP contribution is 2.09. The summed E-state index contributed by atoms with van der Waals surface area (Å²) in [6.45, 7) is 0.819. The minimum atomic E-state index is 0.0625. The van der Waals surface area contributed by atoms with Crippen molar-refractivity contribution in [2.24, 2.45) is 0 Å². The first-order chi connectivity index (χ1) is 3.93. The van der Waals surface area contributed by atoms with Crippen molar-refractivity contribution in [2.75, 3.05) is 6.61 Å². The molecule has 1 heteroatoms. The molecule has 0 aromatic heterocycles. The van der Waals surface area contributed by atoms with E-state index >= 15 is 0 Å². The molecule has 0 N–H and O–H groups in total. The lowest BCUT2D eigenvalue weighted by atomic mass is 10.2. The Balaban J connectivity index is 2.32. The average molecular weight is 97.1 g/mol. The van der Waals surface area contributed by atoms with Crippen LogP contribution < -0.4 is 0 Å². The predicted molar refractivity (Wildman–Crippen MR) is 27.8 cm³/mol. The van der Waals surface area contributed by atoms with E-state index in [2.05, 4.69) is 12.3 Å². The van der Waals surface area contributed by atoms with Gasteiger partial charge < -0.3 is 4.74 Å². The van der Waals surface area contributed by atoms with E-state index in [0.29, 0.717) is 0 Å². The number of rotatable bonds is 0. The number of hydrogen-bond donors (Lipinski definition) is 0. The van der Waals surface area contributed by atoms with Crippen LogP contribution in [0, 0.1) is 12.3 Å². The monoisotopic (exact) mass is 97.1 g/mol. The van der Waals surface area contributed by atoms with Crippen molar-refractivity contribution in [3.8, 4) is 12.3 Å². The summed E-state index contributed by atoms with van der Waals surface area (Å²) >= 11 is 0. The molecule has 1 rings (SSSR count). The van der Waals surface area contributed by atoms with Gasteiger partial charge in [-0.15, -0.1) is 6.40 Å². The van der Waals surface area contributed by atoms with Crippen LogP contribution in [0.3, 0.4) is 0 Å². The zero-order chi connectivity index (χ0) is 5.82. The highest BCUT2D eigenvalue weighted by molar-refractivity contribution is 4.96. The van der Waals surface area contributed by atoms with Crippen molar-refractivity contribution in [1.82, 2.24) is 0 Å². The fourth-order valence-corrected chi connectivity index (χ4v) is 0.691. The molecule has 1 aliphatic heterocycles. The lowest BCUT2D eigenvalue weighted by molar-refractivity contribution is 0.152. The van der Waals surface area contributed by atoms with Gasteiger partial charge in [-0.05, 0) is 12.8 Å². The van der Waals surface area contributed by atoms with Crippen molar-refractivity contribution < 1.29 is 6.11 Å².